The molecule has 0 bridgehead atoms. The minimum absolute atomic E-state index is 0.103. The zero-order valence-corrected chi connectivity index (χ0v) is 13.6. The first kappa shape index (κ1) is 18.3. The molecule has 2 rings (SSSR count). The van der Waals surface area contributed by atoms with E-state index < -0.39 is 28.7 Å². The van der Waals surface area contributed by atoms with Crippen LogP contribution in [0.15, 0.2) is 42.5 Å². The minimum atomic E-state index is -1.16. The summed E-state index contributed by atoms with van der Waals surface area (Å²) in [6.07, 6.45) is -1.16. The summed E-state index contributed by atoms with van der Waals surface area (Å²) in [5, 5.41) is 12.9. The number of nitrogens with zero attached hydrogens (tertiary/aromatic N) is 1. The number of anilines is 1. The van der Waals surface area contributed by atoms with Crippen molar-refractivity contribution in [2.45, 2.75) is 13.0 Å². The monoisotopic (exact) mass is 366 g/mol. The fraction of sp³-hybridized carbons (Fsp3) is 0.125. The highest BCUT2D eigenvalue weighted by Crippen LogP contribution is 2.23. The maximum atomic E-state index is 12.8. The molecule has 0 unspecified atom stereocenters. The quantitative estimate of drug-likeness (QED) is 0.495. The van der Waals surface area contributed by atoms with Crippen LogP contribution in [0.1, 0.15) is 17.3 Å². The number of nitro benzene ring substituents is 1. The van der Waals surface area contributed by atoms with E-state index in [0.29, 0.717) is 5.69 Å². The molecular formula is C16H12ClFN2O5. The Balaban J connectivity index is 2.02. The SMILES string of the molecule is C[C@H](OC(=O)c1ccc([N+](=O)[O-])cc1Cl)C(=O)Nc1ccc(F)cc1. The molecule has 2 aromatic rings. The molecule has 0 aliphatic rings. The highest BCUT2D eigenvalue weighted by molar-refractivity contribution is 6.33. The summed E-state index contributed by atoms with van der Waals surface area (Å²) in [7, 11) is 0. The Kier molecular flexibility index (Phi) is 5.66. The molecule has 0 saturated heterocycles. The lowest BCUT2D eigenvalue weighted by Crippen LogP contribution is -2.30. The van der Waals surface area contributed by atoms with Crippen LogP contribution in [-0.4, -0.2) is 22.9 Å². The molecule has 1 amide bonds. The van der Waals surface area contributed by atoms with Crippen LogP contribution in [-0.2, 0) is 9.53 Å². The van der Waals surface area contributed by atoms with E-state index in [1.54, 1.807) is 0 Å². The first-order valence-corrected chi connectivity index (χ1v) is 7.37. The van der Waals surface area contributed by atoms with Gasteiger partial charge >= 0.3 is 5.97 Å². The van der Waals surface area contributed by atoms with Gasteiger partial charge in [-0.25, -0.2) is 9.18 Å². The van der Waals surface area contributed by atoms with Crippen LogP contribution >= 0.6 is 11.6 Å². The number of benzene rings is 2. The minimum Gasteiger partial charge on any atom is -0.449 e. The van der Waals surface area contributed by atoms with Gasteiger partial charge in [-0.1, -0.05) is 11.6 Å². The average molecular weight is 367 g/mol. The maximum absolute atomic E-state index is 12.8. The molecule has 130 valence electrons. The summed E-state index contributed by atoms with van der Waals surface area (Å²) in [4.78, 5) is 34.0. The van der Waals surface area contributed by atoms with Gasteiger partial charge in [0.05, 0.1) is 15.5 Å². The highest BCUT2D eigenvalue weighted by atomic mass is 35.5. The number of non-ortho nitro benzene ring substituents is 1. The summed E-state index contributed by atoms with van der Waals surface area (Å²) in [5.74, 6) is -1.98. The third-order valence-corrected chi connectivity index (χ3v) is 3.46. The standard InChI is InChI=1S/C16H12ClFN2O5/c1-9(15(21)19-11-4-2-10(18)3-5-11)25-16(22)13-7-6-12(20(23)24)8-14(13)17/h2-9H,1H3,(H,19,21)/t9-/m0/s1. The van der Waals surface area contributed by atoms with Crippen molar-refractivity contribution >= 4 is 34.9 Å². The molecule has 9 heteroatoms. The van der Waals surface area contributed by atoms with Gasteiger partial charge in [-0.3, -0.25) is 14.9 Å². The normalized spacial score (nSPS) is 11.5. The fourth-order valence-electron chi connectivity index (χ4n) is 1.84. The first-order valence-electron chi connectivity index (χ1n) is 6.99. The Morgan fingerprint density at radius 2 is 1.88 bits per heavy atom. The Labute approximate surface area is 146 Å². The van der Waals surface area contributed by atoms with Gasteiger partial charge in [-0.2, -0.15) is 0 Å². The third kappa shape index (κ3) is 4.74. The van der Waals surface area contributed by atoms with E-state index >= 15 is 0 Å². The van der Waals surface area contributed by atoms with Gasteiger partial charge in [0.25, 0.3) is 11.6 Å². The van der Waals surface area contributed by atoms with Crippen molar-refractivity contribution in [3.05, 3.63) is 69.0 Å². The Bertz CT molecular complexity index is 826. The van der Waals surface area contributed by atoms with Crippen molar-refractivity contribution in [2.24, 2.45) is 0 Å². The number of halogens is 2. The molecule has 0 radical (unpaired) electrons. The molecule has 0 heterocycles. The molecule has 1 N–H and O–H groups in total. The number of rotatable bonds is 5. The first-order chi connectivity index (χ1) is 11.8. The number of nitrogens with one attached hydrogen (secondary N) is 1. The molecule has 0 spiro atoms. The van der Waals surface area contributed by atoms with Gasteiger partial charge in [-0.15, -0.1) is 0 Å². The Morgan fingerprint density at radius 3 is 2.44 bits per heavy atom. The third-order valence-electron chi connectivity index (χ3n) is 3.15. The largest absolute Gasteiger partial charge is 0.449 e. The van der Waals surface area contributed by atoms with E-state index in [9.17, 15) is 24.1 Å². The lowest BCUT2D eigenvalue weighted by molar-refractivity contribution is -0.384. The molecule has 0 fully saturated rings. The molecule has 25 heavy (non-hydrogen) atoms. The zero-order chi connectivity index (χ0) is 18.6. The van der Waals surface area contributed by atoms with Crippen molar-refractivity contribution < 1.29 is 23.6 Å². The molecule has 0 saturated carbocycles. The lowest BCUT2D eigenvalue weighted by Gasteiger charge is -2.14. The second-order valence-corrected chi connectivity index (χ2v) is 5.37. The van der Waals surface area contributed by atoms with Crippen molar-refractivity contribution in [1.29, 1.82) is 0 Å². The van der Waals surface area contributed by atoms with Gasteiger partial charge < -0.3 is 10.1 Å². The molecular weight excluding hydrogens is 355 g/mol. The molecule has 0 aromatic heterocycles. The molecule has 0 aliphatic carbocycles. The summed E-state index contributed by atoms with van der Waals surface area (Å²) in [6.45, 7) is 1.34. The van der Waals surface area contributed by atoms with Crippen LogP contribution in [0.3, 0.4) is 0 Å². The smallest absolute Gasteiger partial charge is 0.340 e. The summed E-state index contributed by atoms with van der Waals surface area (Å²) in [6, 6.07) is 8.32. The van der Waals surface area contributed by atoms with Crippen molar-refractivity contribution in [2.75, 3.05) is 5.32 Å². The zero-order valence-electron chi connectivity index (χ0n) is 12.9. The van der Waals surface area contributed by atoms with Crippen LogP contribution in [0.5, 0.6) is 0 Å². The molecule has 1 atom stereocenters. The number of hydrogen-bond acceptors (Lipinski definition) is 5. The van der Waals surface area contributed by atoms with Crippen LogP contribution in [0.25, 0.3) is 0 Å². The van der Waals surface area contributed by atoms with Crippen LogP contribution < -0.4 is 5.32 Å². The van der Waals surface area contributed by atoms with Gasteiger partial charge in [0.15, 0.2) is 6.10 Å². The van der Waals surface area contributed by atoms with E-state index in [-0.39, 0.29) is 16.3 Å². The molecule has 0 aliphatic heterocycles. The van der Waals surface area contributed by atoms with Gasteiger partial charge in [0.2, 0.25) is 0 Å². The highest BCUT2D eigenvalue weighted by Gasteiger charge is 2.22. The number of carbonyl (C=O) groups is 2. The summed E-state index contributed by atoms with van der Waals surface area (Å²) >= 11 is 5.83. The average Bonchev–Trinajstić information content (AvgIpc) is 2.56. The topological polar surface area (TPSA) is 98.5 Å². The van der Waals surface area contributed by atoms with Crippen LogP contribution in [0, 0.1) is 15.9 Å². The molecule has 2 aromatic carbocycles. The second kappa shape index (κ2) is 7.71. The predicted octanol–water partition coefficient (Wildman–Crippen LogP) is 3.57. The summed E-state index contributed by atoms with van der Waals surface area (Å²) in [5.41, 5.74) is -0.0417. The predicted molar refractivity (Wildman–Crippen MR) is 88.0 cm³/mol. The van der Waals surface area contributed by atoms with Gasteiger partial charge in [0, 0.05) is 17.8 Å². The van der Waals surface area contributed by atoms with E-state index in [0.717, 1.165) is 18.2 Å². The van der Waals surface area contributed by atoms with Crippen LogP contribution in [0.2, 0.25) is 5.02 Å². The molecule has 7 nitrogen and oxygen atoms in total. The number of esters is 1. The number of nitro groups is 1. The number of hydrogen-bond donors (Lipinski definition) is 1. The van der Waals surface area contributed by atoms with Crippen molar-refractivity contribution in [3.63, 3.8) is 0 Å². The van der Waals surface area contributed by atoms with E-state index in [2.05, 4.69) is 5.32 Å². The summed E-state index contributed by atoms with van der Waals surface area (Å²) < 4.78 is 17.8. The lowest BCUT2D eigenvalue weighted by atomic mass is 10.2. The van der Waals surface area contributed by atoms with Crippen molar-refractivity contribution in [3.8, 4) is 0 Å². The van der Waals surface area contributed by atoms with Gasteiger partial charge in [-0.05, 0) is 37.3 Å². The van der Waals surface area contributed by atoms with Crippen molar-refractivity contribution in [1.82, 2.24) is 0 Å². The van der Waals surface area contributed by atoms with E-state index in [1.807, 2.05) is 0 Å². The van der Waals surface area contributed by atoms with E-state index in [1.165, 1.54) is 31.2 Å². The Morgan fingerprint density at radius 1 is 1.24 bits per heavy atom. The number of amides is 1. The maximum Gasteiger partial charge on any atom is 0.340 e. The fourth-order valence-corrected chi connectivity index (χ4v) is 2.09. The van der Waals surface area contributed by atoms with Crippen LogP contribution in [0.4, 0.5) is 15.8 Å². The van der Waals surface area contributed by atoms with E-state index in [4.69, 9.17) is 16.3 Å². The van der Waals surface area contributed by atoms with Gasteiger partial charge in [0.1, 0.15) is 5.82 Å². The number of carbonyl (C=O) groups excluding carboxylic acids is 2. The Hall–Kier alpha value is -3.00. The number of ether oxygens (including phenoxy) is 1. The second-order valence-electron chi connectivity index (χ2n) is 4.96.